The van der Waals surface area contributed by atoms with Gasteiger partial charge in [-0.15, -0.1) is 0 Å². The molecule has 568 valence electrons. The largest absolute Gasteiger partial charge is 0.416 e. The Morgan fingerprint density at radius 3 is 1.10 bits per heavy atom. The standard InChI is InChI=1S/C38H26F3N2OP.2C28H20F3N2OP/c1-45(2,44)30-16-11-24-7-8-25(19-28(24)20-30)27-12-17-32-31-5-3-4-6-33(31)37-42-34-18-13-26(22-36(34)43(37)35(32)21-27)23-9-14-29(15-10-23)38(39,40)41;1-35(2,34)26-16-22-19-7-3-4-8-20(19)27-32-23-9-5-6-10-24(23)33(27)25(22)15-21(26)17-11-13-18(14-12-17)28(29,30)31;1-35(2,34)20-12-14-25-23(16-20)21-5-3-4-6-22(21)27-32-24-13-9-18(15-26(24)33(25)27)17-7-10-19(11-8-17)28(29,30)31/h3-22H,1-2H3;2*3-16H,1-2H3. The minimum Gasteiger partial charge on any atom is -0.319 e. The monoisotopic (exact) mass is 1590 g/mol. The number of hydrogen-bond acceptors (Lipinski definition) is 6. The molecule has 0 N–H and O–H groups in total. The van der Waals surface area contributed by atoms with Crippen LogP contribution in [0, 0.1) is 0 Å². The summed E-state index contributed by atoms with van der Waals surface area (Å²) in [6.45, 7) is 10.5. The van der Waals surface area contributed by atoms with Gasteiger partial charge in [-0.1, -0.05) is 170 Å². The van der Waals surface area contributed by atoms with Crippen LogP contribution in [0.15, 0.2) is 291 Å². The van der Waals surface area contributed by atoms with Crippen molar-refractivity contribution in [3.8, 4) is 44.5 Å². The molecule has 6 heterocycles. The maximum atomic E-state index is 13.4. The maximum Gasteiger partial charge on any atom is 0.416 e. The van der Waals surface area contributed by atoms with E-state index in [1.54, 1.807) is 40.0 Å². The molecule has 0 unspecified atom stereocenters. The van der Waals surface area contributed by atoms with Gasteiger partial charge in [-0.25, -0.2) is 15.0 Å². The van der Waals surface area contributed by atoms with Gasteiger partial charge in [-0.05, 0) is 233 Å². The summed E-state index contributed by atoms with van der Waals surface area (Å²) in [4.78, 5) is 14.8. The normalized spacial score (nSPS) is 12.8. The minimum atomic E-state index is -4.42. The molecule has 0 saturated heterocycles. The first-order valence-corrected chi connectivity index (χ1v) is 44.6. The van der Waals surface area contributed by atoms with E-state index in [0.717, 1.165) is 195 Å². The number of halogens is 9. The molecule has 21 heteroatoms. The van der Waals surface area contributed by atoms with Crippen molar-refractivity contribution in [2.75, 3.05) is 40.0 Å². The zero-order chi connectivity index (χ0) is 80.2. The number of fused-ring (bicyclic) bond motifs is 25. The lowest BCUT2D eigenvalue weighted by Crippen LogP contribution is -2.09. The number of para-hydroxylation sites is 2. The Labute approximate surface area is 651 Å². The third-order valence-corrected chi connectivity index (χ3v) is 26.2. The van der Waals surface area contributed by atoms with E-state index >= 15 is 0 Å². The van der Waals surface area contributed by atoms with E-state index in [4.69, 9.17) is 15.0 Å². The van der Waals surface area contributed by atoms with Crippen LogP contribution in [0.25, 0.3) is 170 Å². The summed E-state index contributed by atoms with van der Waals surface area (Å²) in [5.41, 5.74) is 14.6. The van der Waals surface area contributed by atoms with E-state index in [1.165, 1.54) is 36.4 Å². The average molecular weight is 1590 g/mol. The van der Waals surface area contributed by atoms with Gasteiger partial charge < -0.3 is 13.7 Å². The summed E-state index contributed by atoms with van der Waals surface area (Å²) in [7, 11) is -7.66. The van der Waals surface area contributed by atoms with Gasteiger partial charge in [0.1, 0.15) is 38.4 Å². The molecule has 0 amide bonds. The number of rotatable bonds is 7. The molecule has 0 aliphatic carbocycles. The Morgan fingerprint density at radius 1 is 0.252 bits per heavy atom. The second-order valence-electron chi connectivity index (χ2n) is 30.2. The first kappa shape index (κ1) is 74.2. The molecule has 0 fully saturated rings. The Kier molecular flexibility index (Phi) is 17.6. The highest BCUT2D eigenvalue weighted by atomic mass is 31.2. The number of pyridine rings is 3. The second kappa shape index (κ2) is 27.3. The molecular weight excluding hydrogens is 1520 g/mol. The summed E-state index contributed by atoms with van der Waals surface area (Å²) in [5.74, 6) is 0. The lowest BCUT2D eigenvalue weighted by atomic mass is 9.98. The zero-order valence-electron chi connectivity index (χ0n) is 62.4. The van der Waals surface area contributed by atoms with Crippen LogP contribution in [0.1, 0.15) is 16.7 Å². The summed E-state index contributed by atoms with van der Waals surface area (Å²) in [6, 6.07) is 87.7. The number of hydrogen-bond donors (Lipinski definition) is 0. The lowest BCUT2D eigenvalue weighted by Gasteiger charge is -2.18. The third kappa shape index (κ3) is 13.3. The van der Waals surface area contributed by atoms with Gasteiger partial charge in [0.15, 0.2) is 0 Å². The van der Waals surface area contributed by atoms with E-state index in [0.29, 0.717) is 27.6 Å². The molecule has 6 aromatic heterocycles. The average Bonchev–Trinajstić information content (AvgIpc) is 1.63. The Bertz CT molecular complexity index is 7590. The van der Waals surface area contributed by atoms with Gasteiger partial charge in [0, 0.05) is 48.2 Å². The first-order valence-electron chi connectivity index (χ1n) is 36.8. The van der Waals surface area contributed by atoms with Crippen molar-refractivity contribution >= 4 is 163 Å². The van der Waals surface area contributed by atoms with E-state index in [2.05, 4.69) is 61.7 Å². The van der Waals surface area contributed by atoms with E-state index < -0.39 is 56.6 Å². The zero-order valence-corrected chi connectivity index (χ0v) is 65.0. The van der Waals surface area contributed by atoms with Gasteiger partial charge in [0.05, 0.1) is 66.3 Å². The van der Waals surface area contributed by atoms with Gasteiger partial charge in [0.25, 0.3) is 0 Å². The maximum absolute atomic E-state index is 13.4. The van der Waals surface area contributed by atoms with Gasteiger partial charge >= 0.3 is 18.5 Å². The first-order chi connectivity index (χ1) is 54.8. The fraction of sp³-hybridized carbons (Fsp3) is 0.0957. The van der Waals surface area contributed by atoms with Crippen molar-refractivity contribution in [3.63, 3.8) is 0 Å². The Hall–Kier alpha value is -12.2. The van der Waals surface area contributed by atoms with E-state index in [1.807, 2.05) is 170 Å². The van der Waals surface area contributed by atoms with Crippen molar-refractivity contribution in [2.45, 2.75) is 18.5 Å². The highest BCUT2D eigenvalue weighted by Crippen LogP contribution is 2.46. The molecule has 9 nitrogen and oxygen atoms in total. The second-order valence-corrected chi connectivity index (χ2v) is 39.8. The van der Waals surface area contributed by atoms with Crippen LogP contribution < -0.4 is 15.9 Å². The topological polar surface area (TPSA) is 103 Å². The van der Waals surface area contributed by atoms with E-state index in [-0.39, 0.29) is 0 Å². The van der Waals surface area contributed by atoms with Crippen LogP contribution in [-0.2, 0) is 32.2 Å². The van der Waals surface area contributed by atoms with Crippen molar-refractivity contribution in [1.82, 2.24) is 28.2 Å². The fourth-order valence-electron chi connectivity index (χ4n) is 15.9. The molecule has 20 aromatic rings. The quantitative estimate of drug-likeness (QED) is 0.0895. The smallest absolute Gasteiger partial charge is 0.319 e. The van der Waals surface area contributed by atoms with Crippen molar-refractivity contribution < 1.29 is 53.2 Å². The molecule has 0 atom stereocenters. The van der Waals surface area contributed by atoms with Crippen LogP contribution in [0.4, 0.5) is 39.5 Å². The SMILES string of the molecule is CP(C)(=O)c1cc2c3ccccc3c3nc4ccccc4n3c2cc1-c1ccc(C(F)(F)F)cc1.CP(C)(=O)c1ccc2c(c1)c1ccccc1c1nc3ccc(-c4ccc(C(F)(F)F)cc4)cc3n21.CP(C)(=O)c1ccc2ccc(-c3ccc4c5ccccc5c5nc6ccc(-c7ccc(C(F)(F)F)cc7)cc6n5c4c3)cc2c1. The molecule has 0 aliphatic rings. The van der Waals surface area contributed by atoms with Crippen LogP contribution >= 0.6 is 21.4 Å². The highest BCUT2D eigenvalue weighted by molar-refractivity contribution is 7.71. The lowest BCUT2D eigenvalue weighted by molar-refractivity contribution is -0.138. The molecule has 0 bridgehead atoms. The number of alkyl halides is 9. The Balaban J connectivity index is 0.000000121. The van der Waals surface area contributed by atoms with Crippen LogP contribution in [0.3, 0.4) is 0 Å². The van der Waals surface area contributed by atoms with Crippen molar-refractivity contribution in [1.29, 1.82) is 0 Å². The predicted molar refractivity (Wildman–Crippen MR) is 455 cm³/mol. The molecule has 0 spiro atoms. The summed E-state index contributed by atoms with van der Waals surface area (Å²) in [5, 5.41) is 13.5. The van der Waals surface area contributed by atoms with Crippen LogP contribution in [0.5, 0.6) is 0 Å². The fourth-order valence-corrected chi connectivity index (χ4v) is 18.9. The molecule has 20 rings (SSSR count). The van der Waals surface area contributed by atoms with Crippen LogP contribution in [0.2, 0.25) is 0 Å². The van der Waals surface area contributed by atoms with Crippen LogP contribution in [-0.4, -0.2) is 68.1 Å². The summed E-state index contributed by atoms with van der Waals surface area (Å²) >= 11 is 0. The summed E-state index contributed by atoms with van der Waals surface area (Å²) < 4.78 is 164. The summed E-state index contributed by atoms with van der Waals surface area (Å²) in [6.07, 6.45) is -13.2. The number of nitrogens with zero attached hydrogens (tertiary/aromatic N) is 6. The molecule has 0 radical (unpaired) electrons. The van der Waals surface area contributed by atoms with Gasteiger partial charge in [-0.3, -0.25) is 13.2 Å². The third-order valence-electron chi connectivity index (χ3n) is 21.7. The van der Waals surface area contributed by atoms with Crippen molar-refractivity contribution in [3.05, 3.63) is 308 Å². The van der Waals surface area contributed by atoms with Gasteiger partial charge in [-0.2, -0.15) is 39.5 Å². The number of imidazole rings is 3. The molecular formula is C94H66F9N6O3P3. The number of benzene rings is 14. The predicted octanol–water partition coefficient (Wildman–Crippen LogP) is 26.0. The molecule has 0 saturated carbocycles. The minimum absolute atomic E-state index is 0.588. The Morgan fingerprint density at radius 2 is 0.609 bits per heavy atom. The van der Waals surface area contributed by atoms with Gasteiger partial charge in [0.2, 0.25) is 0 Å². The number of aromatic nitrogens is 6. The molecule has 0 aliphatic heterocycles. The molecule has 14 aromatic carbocycles. The molecule has 115 heavy (non-hydrogen) atoms. The highest BCUT2D eigenvalue weighted by Gasteiger charge is 2.33. The van der Waals surface area contributed by atoms with E-state index in [9.17, 15) is 53.2 Å². The van der Waals surface area contributed by atoms with Crippen molar-refractivity contribution in [2.24, 2.45) is 0 Å².